The summed E-state index contributed by atoms with van der Waals surface area (Å²) in [6, 6.07) is -4.97. The number of carboxylic acid groups (broad SMARTS) is 2. The van der Waals surface area contributed by atoms with Gasteiger partial charge in [-0.2, -0.15) is 0 Å². The van der Waals surface area contributed by atoms with Crippen LogP contribution in [-0.2, 0) is 28.8 Å². The summed E-state index contributed by atoms with van der Waals surface area (Å²) in [5, 5.41) is 22.8. The summed E-state index contributed by atoms with van der Waals surface area (Å²) < 4.78 is 0. The lowest BCUT2D eigenvalue weighted by Gasteiger charge is -2.30. The SMILES string of the molecule is NC(=O)CCC(N)C(=O)NC(CCCN=C(N)N)C(=O)N1CCCC1C(=O)NC(CC(=O)O)C(=O)O. The average molecular weight is 515 g/mol. The van der Waals surface area contributed by atoms with Crippen LogP contribution >= 0.6 is 0 Å². The van der Waals surface area contributed by atoms with Crippen LogP contribution in [0.25, 0.3) is 0 Å². The van der Waals surface area contributed by atoms with E-state index in [9.17, 15) is 33.9 Å². The number of rotatable bonds is 15. The second-order valence-corrected chi connectivity index (χ2v) is 8.31. The normalized spacial score (nSPS) is 17.4. The van der Waals surface area contributed by atoms with Crippen LogP contribution in [0.4, 0.5) is 0 Å². The number of likely N-dealkylation sites (tertiary alicyclic amines) is 1. The Morgan fingerprint density at radius 2 is 1.67 bits per heavy atom. The van der Waals surface area contributed by atoms with E-state index < -0.39 is 66.2 Å². The van der Waals surface area contributed by atoms with Gasteiger partial charge < -0.3 is 48.7 Å². The zero-order chi connectivity index (χ0) is 27.4. The predicted octanol–water partition coefficient (Wildman–Crippen LogP) is -3.85. The second kappa shape index (κ2) is 14.4. The molecule has 12 N–H and O–H groups in total. The molecule has 4 amide bonds. The first kappa shape index (κ1) is 30.1. The number of guanidine groups is 1. The van der Waals surface area contributed by atoms with Gasteiger partial charge in [-0.15, -0.1) is 0 Å². The summed E-state index contributed by atoms with van der Waals surface area (Å²) >= 11 is 0. The summed E-state index contributed by atoms with van der Waals surface area (Å²) in [6.07, 6.45) is 0.00457. The van der Waals surface area contributed by atoms with Crippen LogP contribution in [0.15, 0.2) is 4.99 Å². The monoisotopic (exact) mass is 514 g/mol. The summed E-state index contributed by atoms with van der Waals surface area (Å²) in [6.45, 7) is 0.316. The molecule has 1 rings (SSSR count). The molecular weight excluding hydrogens is 480 g/mol. The van der Waals surface area contributed by atoms with E-state index >= 15 is 0 Å². The van der Waals surface area contributed by atoms with Gasteiger partial charge in [0, 0.05) is 19.5 Å². The Balaban J connectivity index is 2.99. The Kier molecular flexibility index (Phi) is 12.1. The molecule has 0 aromatic heterocycles. The number of nitrogens with zero attached hydrogens (tertiary/aromatic N) is 2. The van der Waals surface area contributed by atoms with Crippen molar-refractivity contribution < 1.29 is 39.0 Å². The zero-order valence-electron chi connectivity index (χ0n) is 19.7. The quantitative estimate of drug-likeness (QED) is 0.0594. The molecule has 1 heterocycles. The number of carboxylic acids is 2. The minimum atomic E-state index is -1.68. The van der Waals surface area contributed by atoms with Crippen LogP contribution in [0.3, 0.4) is 0 Å². The fourth-order valence-electron chi connectivity index (χ4n) is 3.61. The molecule has 0 saturated carbocycles. The van der Waals surface area contributed by atoms with Crippen LogP contribution < -0.4 is 33.6 Å². The highest BCUT2D eigenvalue weighted by Gasteiger charge is 2.39. The largest absolute Gasteiger partial charge is 0.481 e. The maximum Gasteiger partial charge on any atom is 0.326 e. The van der Waals surface area contributed by atoms with Crippen LogP contribution in [0.5, 0.6) is 0 Å². The van der Waals surface area contributed by atoms with Crippen LogP contribution in [0.2, 0.25) is 0 Å². The molecule has 16 nitrogen and oxygen atoms in total. The molecule has 1 saturated heterocycles. The van der Waals surface area contributed by atoms with Crippen LogP contribution in [0, 0.1) is 0 Å². The van der Waals surface area contributed by atoms with Crippen molar-refractivity contribution in [1.29, 1.82) is 0 Å². The molecule has 0 bridgehead atoms. The Labute approximate surface area is 206 Å². The van der Waals surface area contributed by atoms with Gasteiger partial charge in [0.15, 0.2) is 5.96 Å². The minimum absolute atomic E-state index is 0.0367. The lowest BCUT2D eigenvalue weighted by Crippen LogP contribution is -2.57. The molecule has 1 aliphatic heterocycles. The molecule has 1 fully saturated rings. The Hall–Kier alpha value is -3.95. The molecule has 0 aliphatic carbocycles. The highest BCUT2D eigenvalue weighted by molar-refractivity contribution is 5.95. The standard InChI is InChI=1S/C20H34N8O8/c21-10(5-6-14(22)29)16(32)26-11(3-1-7-25-20(23)24)18(34)28-8-2-4-13(28)17(33)27-12(19(35)36)9-15(30)31/h10-13H,1-9,21H2,(H2,22,29)(H,26,32)(H,27,33)(H,30,31)(H,35,36)(H4,23,24,25). The van der Waals surface area contributed by atoms with Crippen molar-refractivity contribution in [3.8, 4) is 0 Å². The number of nitrogens with two attached hydrogens (primary N) is 4. The van der Waals surface area contributed by atoms with Crippen molar-refractivity contribution in [2.75, 3.05) is 13.1 Å². The molecule has 4 atom stereocenters. The first-order chi connectivity index (χ1) is 16.8. The van der Waals surface area contributed by atoms with Crippen molar-refractivity contribution >= 4 is 41.5 Å². The molecule has 1 aliphatic rings. The van der Waals surface area contributed by atoms with E-state index in [1.54, 1.807) is 0 Å². The maximum atomic E-state index is 13.3. The number of aliphatic imine (C=N–C) groups is 1. The molecule has 0 aromatic rings. The molecule has 202 valence electrons. The number of primary amides is 1. The van der Waals surface area contributed by atoms with E-state index in [0.717, 1.165) is 0 Å². The predicted molar refractivity (Wildman–Crippen MR) is 125 cm³/mol. The van der Waals surface area contributed by atoms with Crippen LogP contribution in [-0.4, -0.2) is 93.9 Å². The van der Waals surface area contributed by atoms with Gasteiger partial charge in [-0.3, -0.25) is 29.0 Å². The fraction of sp³-hybridized carbons (Fsp3) is 0.650. The van der Waals surface area contributed by atoms with Crippen molar-refractivity contribution in [3.05, 3.63) is 0 Å². The number of hydrogen-bond donors (Lipinski definition) is 8. The van der Waals surface area contributed by atoms with E-state index in [1.165, 1.54) is 4.90 Å². The van der Waals surface area contributed by atoms with Crippen LogP contribution in [0.1, 0.15) is 44.9 Å². The maximum absolute atomic E-state index is 13.3. The van der Waals surface area contributed by atoms with Crippen molar-refractivity contribution in [2.45, 2.75) is 69.1 Å². The summed E-state index contributed by atoms with van der Waals surface area (Å²) in [5.74, 6) is -5.88. The summed E-state index contributed by atoms with van der Waals surface area (Å²) in [7, 11) is 0. The summed E-state index contributed by atoms with van der Waals surface area (Å²) in [5.41, 5.74) is 21.5. The Morgan fingerprint density at radius 3 is 2.22 bits per heavy atom. The molecule has 36 heavy (non-hydrogen) atoms. The van der Waals surface area contributed by atoms with Crippen molar-refractivity contribution in [2.24, 2.45) is 27.9 Å². The minimum Gasteiger partial charge on any atom is -0.481 e. The van der Waals surface area contributed by atoms with Gasteiger partial charge in [0.2, 0.25) is 23.6 Å². The van der Waals surface area contributed by atoms with E-state index in [-0.39, 0.29) is 51.2 Å². The van der Waals surface area contributed by atoms with Gasteiger partial charge >= 0.3 is 11.9 Å². The topological polar surface area (TPSA) is 287 Å². The molecule has 4 unspecified atom stereocenters. The van der Waals surface area contributed by atoms with Gasteiger partial charge in [0.05, 0.1) is 12.5 Å². The third-order valence-corrected chi connectivity index (χ3v) is 5.43. The number of carbonyl (C=O) groups excluding carboxylic acids is 4. The molecule has 16 heteroatoms. The fourth-order valence-corrected chi connectivity index (χ4v) is 3.61. The van der Waals surface area contributed by atoms with Crippen molar-refractivity contribution in [3.63, 3.8) is 0 Å². The van der Waals surface area contributed by atoms with Gasteiger partial charge in [0.1, 0.15) is 18.1 Å². The molecular formula is C20H34N8O8. The van der Waals surface area contributed by atoms with E-state index in [0.29, 0.717) is 6.42 Å². The lowest BCUT2D eigenvalue weighted by molar-refractivity contribution is -0.148. The zero-order valence-corrected chi connectivity index (χ0v) is 19.7. The number of aliphatic carboxylic acids is 2. The Bertz CT molecular complexity index is 876. The number of amides is 4. The third kappa shape index (κ3) is 10.1. The number of carbonyl (C=O) groups is 6. The first-order valence-corrected chi connectivity index (χ1v) is 11.3. The highest BCUT2D eigenvalue weighted by Crippen LogP contribution is 2.20. The highest BCUT2D eigenvalue weighted by atomic mass is 16.4. The van der Waals surface area contributed by atoms with Gasteiger partial charge in [-0.25, -0.2) is 4.79 Å². The first-order valence-electron chi connectivity index (χ1n) is 11.3. The Morgan fingerprint density at radius 1 is 1.00 bits per heavy atom. The van der Waals surface area contributed by atoms with Gasteiger partial charge in [-0.1, -0.05) is 0 Å². The van der Waals surface area contributed by atoms with E-state index in [1.807, 2.05) is 0 Å². The number of nitrogens with one attached hydrogen (secondary N) is 2. The average Bonchev–Trinajstić information content (AvgIpc) is 3.27. The second-order valence-electron chi connectivity index (χ2n) is 8.31. The van der Waals surface area contributed by atoms with Gasteiger partial charge in [-0.05, 0) is 32.1 Å². The summed E-state index contributed by atoms with van der Waals surface area (Å²) in [4.78, 5) is 76.8. The lowest BCUT2D eigenvalue weighted by atomic mass is 10.1. The third-order valence-electron chi connectivity index (χ3n) is 5.43. The smallest absolute Gasteiger partial charge is 0.326 e. The van der Waals surface area contributed by atoms with Gasteiger partial charge in [0.25, 0.3) is 0 Å². The molecule has 0 radical (unpaired) electrons. The molecule has 0 aromatic carbocycles. The number of hydrogen-bond acceptors (Lipinski definition) is 8. The van der Waals surface area contributed by atoms with E-state index in [2.05, 4.69) is 15.6 Å². The van der Waals surface area contributed by atoms with Crippen molar-refractivity contribution in [1.82, 2.24) is 15.5 Å². The van der Waals surface area contributed by atoms with E-state index in [4.69, 9.17) is 28.0 Å². The molecule has 0 spiro atoms.